The van der Waals surface area contributed by atoms with Gasteiger partial charge < -0.3 is 0 Å². The molecule has 0 radical (unpaired) electrons. The Morgan fingerprint density at radius 3 is 0.703 bits per heavy atom. The first-order chi connectivity index (χ1) is 18.0. The highest BCUT2D eigenvalue weighted by molar-refractivity contribution is 7.77. The molecule has 0 nitrogen and oxygen atoms in total. The largest absolute Gasteiger partial charge is 0.0965 e. The van der Waals surface area contributed by atoms with E-state index in [9.17, 15) is 0 Å². The molecule has 0 heterocycles. The first-order valence-corrected chi connectivity index (χ1v) is 21.0. The fourth-order valence-electron chi connectivity index (χ4n) is 5.85. The van der Waals surface area contributed by atoms with Crippen LogP contribution in [0.5, 0.6) is 0 Å². The van der Waals surface area contributed by atoms with Gasteiger partial charge in [-0.3, -0.25) is 0 Å². The maximum Gasteiger partial charge on any atom is 0.00497 e. The lowest BCUT2D eigenvalue weighted by Crippen LogP contribution is -2.22. The Labute approximate surface area is 240 Å². The molecule has 0 rings (SSSR count). The van der Waals surface area contributed by atoms with Crippen LogP contribution in [0.2, 0.25) is 0 Å². The van der Waals surface area contributed by atoms with Crippen LogP contribution in [0.15, 0.2) is 0 Å². The van der Waals surface area contributed by atoms with Crippen molar-refractivity contribution in [2.45, 2.75) is 201 Å². The second-order valence-electron chi connectivity index (χ2n) is 12.5. The third kappa shape index (κ3) is 22.3. The lowest BCUT2D eigenvalue weighted by Gasteiger charge is -2.43. The molecule has 0 aliphatic rings. The van der Waals surface area contributed by atoms with Crippen molar-refractivity contribution in [1.29, 1.82) is 0 Å². The molecule has 0 fully saturated rings. The number of hydrogen-bond acceptors (Lipinski definition) is 0. The summed E-state index contributed by atoms with van der Waals surface area (Å²) < 4.78 is 0. The molecular weight excluding hydrogens is 482 g/mol. The summed E-state index contributed by atoms with van der Waals surface area (Å²) >= 11 is 0. The zero-order valence-corrected chi connectivity index (χ0v) is 29.0. The van der Waals surface area contributed by atoms with E-state index >= 15 is 0 Å². The topological polar surface area (TPSA) is 0 Å². The Morgan fingerprint density at radius 1 is 0.297 bits per heavy atom. The first kappa shape index (κ1) is 37.9. The third-order valence-corrected chi connectivity index (χ3v) is 16.9. The average molecular weight is 557 g/mol. The van der Waals surface area contributed by atoms with Gasteiger partial charge in [-0.1, -0.05) is 186 Å². The van der Waals surface area contributed by atoms with E-state index in [-0.39, 0.29) is 15.8 Å². The summed E-state index contributed by atoms with van der Waals surface area (Å²) in [6, 6.07) is 0. The van der Waals surface area contributed by atoms with Crippen LogP contribution in [-0.2, 0) is 0 Å². The Bertz CT molecular complexity index is 363. The third-order valence-electron chi connectivity index (χ3n) is 8.67. The van der Waals surface area contributed by atoms with Crippen LogP contribution in [0.1, 0.15) is 196 Å². The van der Waals surface area contributed by atoms with Gasteiger partial charge in [-0.25, -0.2) is 0 Å². The summed E-state index contributed by atoms with van der Waals surface area (Å²) in [7, 11) is 0.352. The fraction of sp³-hybridized carbons (Fsp3) is 1.00. The van der Waals surface area contributed by atoms with Crippen molar-refractivity contribution in [3.8, 4) is 0 Å². The van der Waals surface area contributed by atoms with Gasteiger partial charge in [0.05, 0.1) is 0 Å². The predicted molar refractivity (Wildman–Crippen MR) is 181 cm³/mol. The second kappa shape index (κ2) is 28.4. The van der Waals surface area contributed by atoms with Gasteiger partial charge in [-0.15, -0.1) is 0 Å². The van der Waals surface area contributed by atoms with Gasteiger partial charge in [0.1, 0.15) is 0 Å². The van der Waals surface area contributed by atoms with Gasteiger partial charge >= 0.3 is 0 Å². The molecule has 0 saturated carbocycles. The lowest BCUT2D eigenvalue weighted by atomic mass is 10.1. The van der Waals surface area contributed by atoms with E-state index in [4.69, 9.17) is 0 Å². The lowest BCUT2D eigenvalue weighted by molar-refractivity contribution is 0.618. The van der Waals surface area contributed by atoms with E-state index in [1.54, 1.807) is 24.6 Å². The maximum absolute atomic E-state index is 2.77. The van der Waals surface area contributed by atoms with Gasteiger partial charge in [0.2, 0.25) is 0 Å². The summed E-state index contributed by atoms with van der Waals surface area (Å²) in [5, 5.41) is 0. The van der Waals surface area contributed by atoms with E-state index < -0.39 is 0 Å². The molecule has 0 aliphatic carbocycles. The van der Waals surface area contributed by atoms with Gasteiger partial charge in [-0.2, -0.15) is 0 Å². The van der Waals surface area contributed by atoms with Gasteiger partial charge in [-0.05, 0) is 50.3 Å². The number of unbranched alkanes of at least 4 members (excludes halogenated alkanes) is 20. The molecule has 0 aromatic carbocycles. The van der Waals surface area contributed by atoms with Crippen LogP contribution in [-0.4, -0.2) is 29.5 Å². The van der Waals surface area contributed by atoms with Crippen molar-refractivity contribution in [2.24, 2.45) is 0 Å². The minimum absolute atomic E-state index is 0.176. The molecular formula is C35H74P2. The quantitative estimate of drug-likeness (QED) is 0.0609. The fourth-order valence-corrected chi connectivity index (χ4v) is 13.7. The van der Waals surface area contributed by atoms with Crippen LogP contribution in [0, 0.1) is 0 Å². The molecule has 2 heteroatoms. The molecule has 224 valence electrons. The van der Waals surface area contributed by atoms with Crippen molar-refractivity contribution in [3.63, 3.8) is 0 Å². The Kier molecular flexibility index (Phi) is 29.1. The molecule has 0 unspecified atom stereocenters. The van der Waals surface area contributed by atoms with Crippen LogP contribution in [0.4, 0.5) is 0 Å². The van der Waals surface area contributed by atoms with Crippen LogP contribution < -0.4 is 0 Å². The molecule has 0 spiro atoms. The molecule has 37 heavy (non-hydrogen) atoms. The molecule has 0 aromatic heterocycles. The van der Waals surface area contributed by atoms with Crippen LogP contribution in [0.3, 0.4) is 0 Å². The highest BCUT2D eigenvalue weighted by atomic mass is 31.2. The molecule has 0 amide bonds. The average Bonchev–Trinajstić information content (AvgIpc) is 2.89. The van der Waals surface area contributed by atoms with E-state index in [1.165, 1.54) is 154 Å². The van der Waals surface area contributed by atoms with Gasteiger partial charge in [0.25, 0.3) is 0 Å². The molecule has 0 N–H and O–H groups in total. The summed E-state index contributed by atoms with van der Waals surface area (Å²) in [5.74, 6) is 0. The van der Waals surface area contributed by atoms with E-state index in [1.807, 2.05) is 0 Å². The van der Waals surface area contributed by atoms with Crippen molar-refractivity contribution in [3.05, 3.63) is 0 Å². The monoisotopic (exact) mass is 557 g/mol. The molecule has 0 aromatic rings. The van der Waals surface area contributed by atoms with Crippen molar-refractivity contribution in [2.75, 3.05) is 24.6 Å². The Balaban J connectivity index is 5.03. The number of hydrogen-bond donors (Lipinski definition) is 0. The van der Waals surface area contributed by atoms with E-state index in [0.717, 1.165) is 0 Å². The highest BCUT2D eigenvalue weighted by Crippen LogP contribution is 2.67. The van der Waals surface area contributed by atoms with Crippen molar-refractivity contribution < 1.29 is 0 Å². The standard InChI is InChI=1S/C35H74P2/c1-7-11-15-19-23-27-31-36(32-28-24-20-16-12-8-2)35(5,6)37(33-29-25-21-17-13-9-3)34-30-26-22-18-14-10-4/h7-34H2,1-6H3. The van der Waals surface area contributed by atoms with Crippen molar-refractivity contribution >= 4 is 15.8 Å². The van der Waals surface area contributed by atoms with Crippen LogP contribution in [0.25, 0.3) is 0 Å². The van der Waals surface area contributed by atoms with Gasteiger partial charge in [0.15, 0.2) is 0 Å². The van der Waals surface area contributed by atoms with E-state index in [0.29, 0.717) is 4.90 Å². The Hall–Kier alpha value is 0.860. The second-order valence-corrected chi connectivity index (χ2v) is 19.1. The molecule has 0 atom stereocenters. The summed E-state index contributed by atoms with van der Waals surface area (Å²) in [5.41, 5.74) is 0. The van der Waals surface area contributed by atoms with Crippen LogP contribution >= 0.6 is 15.8 Å². The predicted octanol–water partition coefficient (Wildman–Crippen LogP) is 14.1. The minimum Gasteiger partial charge on any atom is -0.0965 e. The Morgan fingerprint density at radius 2 is 0.486 bits per heavy atom. The number of rotatable bonds is 30. The zero-order valence-electron chi connectivity index (χ0n) is 27.2. The maximum atomic E-state index is 2.77. The first-order valence-electron chi connectivity index (χ1n) is 17.5. The van der Waals surface area contributed by atoms with E-state index in [2.05, 4.69) is 41.5 Å². The molecule has 0 bridgehead atoms. The SMILES string of the molecule is CCCCCCCCP(CCCCCCCC)C(C)(C)P(CCCCCCCC)CCCCCCCC. The van der Waals surface area contributed by atoms with Gasteiger partial charge in [0, 0.05) is 4.90 Å². The summed E-state index contributed by atoms with van der Waals surface area (Å²) in [4.78, 5) is 0.643. The summed E-state index contributed by atoms with van der Waals surface area (Å²) in [6.07, 6.45) is 41.5. The highest BCUT2D eigenvalue weighted by Gasteiger charge is 2.35. The molecule has 0 saturated heterocycles. The minimum atomic E-state index is 0.176. The zero-order chi connectivity index (χ0) is 27.5. The summed E-state index contributed by atoms with van der Waals surface area (Å²) in [6.45, 7) is 14.9. The van der Waals surface area contributed by atoms with Crippen molar-refractivity contribution in [1.82, 2.24) is 0 Å². The normalized spacial score (nSPS) is 12.3. The smallest absolute Gasteiger partial charge is 0.00497 e. The molecule has 0 aliphatic heterocycles.